The van der Waals surface area contributed by atoms with Crippen molar-refractivity contribution in [2.24, 2.45) is 5.92 Å². The van der Waals surface area contributed by atoms with Gasteiger partial charge in [0.15, 0.2) is 0 Å². The first-order chi connectivity index (χ1) is 11.1. The van der Waals surface area contributed by atoms with Gasteiger partial charge in [0.2, 0.25) is 5.95 Å². The fraction of sp³-hybridized carbons (Fsp3) is 0.312. The van der Waals surface area contributed by atoms with Crippen LogP contribution in [0.5, 0.6) is 0 Å². The zero-order valence-corrected chi connectivity index (χ0v) is 14.9. The van der Waals surface area contributed by atoms with E-state index in [2.05, 4.69) is 27.2 Å². The molecular formula is C16H18ClFN4OS. The minimum atomic E-state index is -0.539. The predicted molar refractivity (Wildman–Crippen MR) is 97.5 cm³/mol. The van der Waals surface area contributed by atoms with Crippen LogP contribution in [0.2, 0.25) is 0 Å². The molecule has 0 amide bonds. The number of hydrogen-bond acceptors (Lipinski definition) is 5. The summed E-state index contributed by atoms with van der Waals surface area (Å²) in [6.07, 6.45) is 2.11. The van der Waals surface area contributed by atoms with Crippen LogP contribution in [0.25, 0.3) is 20.7 Å². The molecule has 0 aromatic carbocycles. The van der Waals surface area contributed by atoms with E-state index in [0.717, 1.165) is 11.4 Å². The summed E-state index contributed by atoms with van der Waals surface area (Å²) in [6, 6.07) is 4.91. The van der Waals surface area contributed by atoms with Gasteiger partial charge >= 0.3 is 0 Å². The molecule has 0 fully saturated rings. The van der Waals surface area contributed by atoms with Gasteiger partial charge in [-0.15, -0.1) is 23.7 Å². The van der Waals surface area contributed by atoms with Crippen molar-refractivity contribution in [3.8, 4) is 10.4 Å². The van der Waals surface area contributed by atoms with Crippen molar-refractivity contribution in [2.75, 3.05) is 13.6 Å². The maximum Gasteiger partial charge on any atom is 0.268 e. The Morgan fingerprint density at radius 2 is 2.21 bits per heavy atom. The number of halogens is 2. The lowest BCUT2D eigenvalue weighted by Crippen LogP contribution is -2.20. The summed E-state index contributed by atoms with van der Waals surface area (Å²) in [5.41, 5.74) is 1.20. The Hall–Kier alpha value is -1.83. The van der Waals surface area contributed by atoms with Gasteiger partial charge in [0.05, 0.1) is 5.52 Å². The lowest BCUT2D eigenvalue weighted by atomic mass is 10.1. The SMILES string of the molecule is CNC[C@H](C)Cc1nc2cc(-c3ccnc(F)c3)sc2c(=O)[nH]1.Cl. The summed E-state index contributed by atoms with van der Waals surface area (Å²) in [5.74, 6) is 0.506. The molecule has 0 aliphatic rings. The van der Waals surface area contributed by atoms with Crippen LogP contribution in [0.4, 0.5) is 4.39 Å². The fourth-order valence-electron chi connectivity index (χ4n) is 2.53. The summed E-state index contributed by atoms with van der Waals surface area (Å²) in [5, 5.41) is 3.11. The Balaban J connectivity index is 0.00000208. The van der Waals surface area contributed by atoms with Crippen molar-refractivity contribution in [1.29, 1.82) is 0 Å². The largest absolute Gasteiger partial charge is 0.319 e. The molecule has 3 heterocycles. The quantitative estimate of drug-likeness (QED) is 0.679. The third-order valence-corrected chi connectivity index (χ3v) is 4.71. The molecule has 0 saturated heterocycles. The zero-order chi connectivity index (χ0) is 16.4. The monoisotopic (exact) mass is 368 g/mol. The summed E-state index contributed by atoms with van der Waals surface area (Å²) in [6.45, 7) is 2.95. The number of aromatic nitrogens is 3. The van der Waals surface area contributed by atoms with Crippen molar-refractivity contribution in [3.05, 3.63) is 46.5 Å². The van der Waals surface area contributed by atoms with Crippen molar-refractivity contribution in [1.82, 2.24) is 20.3 Å². The van der Waals surface area contributed by atoms with Gasteiger partial charge in [0, 0.05) is 23.6 Å². The molecule has 3 aromatic heterocycles. The van der Waals surface area contributed by atoms with Crippen LogP contribution in [-0.2, 0) is 6.42 Å². The van der Waals surface area contributed by atoms with E-state index in [-0.39, 0.29) is 18.0 Å². The van der Waals surface area contributed by atoms with Crippen molar-refractivity contribution in [2.45, 2.75) is 13.3 Å². The highest BCUT2D eigenvalue weighted by molar-refractivity contribution is 7.22. The van der Waals surface area contributed by atoms with Gasteiger partial charge in [-0.25, -0.2) is 9.97 Å². The molecule has 0 bridgehead atoms. The number of H-pyrrole nitrogens is 1. The van der Waals surface area contributed by atoms with E-state index in [1.54, 1.807) is 6.07 Å². The van der Waals surface area contributed by atoms with Gasteiger partial charge in [-0.2, -0.15) is 4.39 Å². The zero-order valence-electron chi connectivity index (χ0n) is 13.3. The standard InChI is InChI=1S/C16H17FN4OS.ClH/c1-9(8-18-2)5-14-20-11-7-12(23-15(11)16(22)21-14)10-3-4-19-13(17)6-10;/h3-4,6-7,9,18H,5,8H2,1-2H3,(H,20,21,22);1H/t9-;/m1./s1. The number of pyridine rings is 1. The number of aromatic amines is 1. The van der Waals surface area contributed by atoms with E-state index in [9.17, 15) is 9.18 Å². The average Bonchev–Trinajstić information content (AvgIpc) is 2.92. The minimum Gasteiger partial charge on any atom is -0.319 e. The van der Waals surface area contributed by atoms with Crippen molar-refractivity contribution < 1.29 is 4.39 Å². The summed E-state index contributed by atoms with van der Waals surface area (Å²) in [4.78, 5) is 24.0. The molecule has 24 heavy (non-hydrogen) atoms. The molecule has 0 aliphatic carbocycles. The highest BCUT2D eigenvalue weighted by Gasteiger charge is 2.12. The van der Waals surface area contributed by atoms with E-state index >= 15 is 0 Å². The van der Waals surface area contributed by atoms with Crippen LogP contribution in [0.15, 0.2) is 29.2 Å². The van der Waals surface area contributed by atoms with Crippen molar-refractivity contribution in [3.63, 3.8) is 0 Å². The van der Waals surface area contributed by atoms with Crippen LogP contribution in [-0.4, -0.2) is 28.5 Å². The lowest BCUT2D eigenvalue weighted by molar-refractivity contribution is 0.528. The Morgan fingerprint density at radius 3 is 2.92 bits per heavy atom. The first kappa shape index (κ1) is 18.5. The van der Waals surface area contributed by atoms with Crippen LogP contribution in [0, 0.1) is 11.9 Å². The Morgan fingerprint density at radius 1 is 1.42 bits per heavy atom. The predicted octanol–water partition coefficient (Wildman–Crippen LogP) is 3.01. The van der Waals surface area contributed by atoms with E-state index < -0.39 is 5.95 Å². The number of rotatable bonds is 5. The fourth-order valence-corrected chi connectivity index (χ4v) is 3.52. The molecule has 5 nitrogen and oxygen atoms in total. The van der Waals surface area contributed by atoms with Gasteiger partial charge in [-0.05, 0) is 37.2 Å². The Kier molecular flexibility index (Phi) is 6.04. The molecule has 128 valence electrons. The molecule has 0 unspecified atom stereocenters. The number of thiophene rings is 1. The van der Waals surface area contributed by atoms with E-state index in [1.165, 1.54) is 23.6 Å². The topological polar surface area (TPSA) is 70.7 Å². The van der Waals surface area contributed by atoms with Gasteiger partial charge in [0.1, 0.15) is 10.5 Å². The third-order valence-electron chi connectivity index (χ3n) is 3.54. The summed E-state index contributed by atoms with van der Waals surface area (Å²) >= 11 is 1.31. The highest BCUT2D eigenvalue weighted by atomic mass is 35.5. The lowest BCUT2D eigenvalue weighted by Gasteiger charge is -2.09. The molecule has 0 radical (unpaired) electrons. The number of nitrogens with one attached hydrogen (secondary N) is 2. The Bertz CT molecular complexity index is 895. The maximum atomic E-state index is 13.3. The molecule has 2 N–H and O–H groups in total. The first-order valence-corrected chi connectivity index (χ1v) is 8.17. The van der Waals surface area contributed by atoms with Crippen molar-refractivity contribution >= 4 is 34.0 Å². The Labute approximate surface area is 148 Å². The van der Waals surface area contributed by atoms with E-state index in [4.69, 9.17) is 0 Å². The van der Waals surface area contributed by atoms with Gasteiger partial charge in [-0.1, -0.05) is 6.92 Å². The third kappa shape index (κ3) is 3.98. The molecule has 8 heteroatoms. The highest BCUT2D eigenvalue weighted by Crippen LogP contribution is 2.30. The number of hydrogen-bond donors (Lipinski definition) is 2. The molecule has 0 saturated carbocycles. The second-order valence-corrected chi connectivity index (χ2v) is 6.62. The van der Waals surface area contributed by atoms with Gasteiger partial charge in [-0.3, -0.25) is 4.79 Å². The van der Waals surface area contributed by atoms with Crippen LogP contribution >= 0.6 is 23.7 Å². The second kappa shape index (κ2) is 7.83. The maximum absolute atomic E-state index is 13.3. The molecule has 3 aromatic rings. The minimum absolute atomic E-state index is 0. The van der Waals surface area contributed by atoms with Crippen LogP contribution < -0.4 is 10.9 Å². The summed E-state index contributed by atoms with van der Waals surface area (Å²) in [7, 11) is 1.90. The summed E-state index contributed by atoms with van der Waals surface area (Å²) < 4.78 is 13.8. The first-order valence-electron chi connectivity index (χ1n) is 7.36. The second-order valence-electron chi connectivity index (χ2n) is 5.57. The molecule has 0 aliphatic heterocycles. The number of fused-ring (bicyclic) bond motifs is 1. The van der Waals surface area contributed by atoms with Crippen LogP contribution in [0.3, 0.4) is 0 Å². The molecule has 1 atom stereocenters. The normalized spacial score (nSPS) is 12.1. The number of nitrogens with zero attached hydrogens (tertiary/aromatic N) is 2. The molecule has 3 rings (SSSR count). The van der Waals surface area contributed by atoms with E-state index in [1.807, 2.05) is 13.1 Å². The van der Waals surface area contributed by atoms with E-state index in [0.29, 0.717) is 33.9 Å². The van der Waals surface area contributed by atoms with Gasteiger partial charge in [0.25, 0.3) is 5.56 Å². The van der Waals surface area contributed by atoms with Crippen LogP contribution in [0.1, 0.15) is 12.7 Å². The smallest absolute Gasteiger partial charge is 0.268 e. The molecule has 0 spiro atoms. The van der Waals surface area contributed by atoms with Gasteiger partial charge < -0.3 is 10.3 Å². The average molecular weight is 369 g/mol. The molecular weight excluding hydrogens is 351 g/mol.